The first kappa shape index (κ1) is 15.3. The lowest BCUT2D eigenvalue weighted by Crippen LogP contribution is -2.32. The maximum Gasteiger partial charge on any atom is 0.240 e. The van der Waals surface area contributed by atoms with Crippen LogP contribution in [0.25, 0.3) is 0 Å². The third kappa shape index (κ3) is 3.71. The molecule has 1 aromatic rings. The Morgan fingerprint density at radius 3 is 2.55 bits per heavy atom. The number of hydrogen-bond donors (Lipinski definition) is 3. The zero-order valence-electron chi connectivity index (χ0n) is 11.7. The van der Waals surface area contributed by atoms with Crippen molar-refractivity contribution in [1.82, 2.24) is 4.72 Å². The number of anilines is 1. The number of hydrogen-bond acceptors (Lipinski definition) is 4. The van der Waals surface area contributed by atoms with Crippen LogP contribution in [0, 0.1) is 12.8 Å². The SMILES string of the molecule is Cc1cc(S(=O)(=O)NCC2CCC(O)CC2)ccc1N. The van der Waals surface area contributed by atoms with Gasteiger partial charge in [0.1, 0.15) is 0 Å². The van der Waals surface area contributed by atoms with Gasteiger partial charge in [-0.1, -0.05) is 0 Å². The van der Waals surface area contributed by atoms with Gasteiger partial charge < -0.3 is 10.8 Å². The average Bonchev–Trinajstić information content (AvgIpc) is 2.41. The Labute approximate surface area is 120 Å². The van der Waals surface area contributed by atoms with E-state index in [2.05, 4.69) is 4.72 Å². The summed E-state index contributed by atoms with van der Waals surface area (Å²) in [4.78, 5) is 0.250. The van der Waals surface area contributed by atoms with Crippen molar-refractivity contribution >= 4 is 15.7 Å². The Morgan fingerprint density at radius 1 is 1.30 bits per heavy atom. The summed E-state index contributed by atoms with van der Waals surface area (Å²) in [6.07, 6.45) is 3.03. The Balaban J connectivity index is 1.98. The number of aliphatic hydroxyl groups is 1. The Bertz CT molecular complexity index is 564. The molecule has 0 bridgehead atoms. The van der Waals surface area contributed by atoms with Gasteiger partial charge in [-0.25, -0.2) is 13.1 Å². The molecule has 20 heavy (non-hydrogen) atoms. The van der Waals surface area contributed by atoms with E-state index < -0.39 is 10.0 Å². The zero-order chi connectivity index (χ0) is 14.8. The van der Waals surface area contributed by atoms with Gasteiger partial charge in [0.25, 0.3) is 0 Å². The molecule has 1 aliphatic rings. The van der Waals surface area contributed by atoms with Gasteiger partial charge in [0.15, 0.2) is 0 Å². The van der Waals surface area contributed by atoms with Crippen LogP contribution in [0.1, 0.15) is 31.2 Å². The predicted molar refractivity (Wildman–Crippen MR) is 78.7 cm³/mol. The highest BCUT2D eigenvalue weighted by Crippen LogP contribution is 2.24. The Morgan fingerprint density at radius 2 is 1.95 bits per heavy atom. The van der Waals surface area contributed by atoms with Gasteiger partial charge in [-0.2, -0.15) is 0 Å². The molecule has 0 aliphatic heterocycles. The van der Waals surface area contributed by atoms with Crippen LogP contribution in [0.4, 0.5) is 5.69 Å². The topological polar surface area (TPSA) is 92.4 Å². The monoisotopic (exact) mass is 298 g/mol. The second kappa shape index (κ2) is 6.11. The molecule has 0 unspecified atom stereocenters. The molecule has 112 valence electrons. The van der Waals surface area contributed by atoms with Crippen LogP contribution in [0.2, 0.25) is 0 Å². The summed E-state index contributed by atoms with van der Waals surface area (Å²) in [7, 11) is -3.48. The molecular formula is C14H22N2O3S. The molecule has 1 aromatic carbocycles. The highest BCUT2D eigenvalue weighted by atomic mass is 32.2. The number of rotatable bonds is 4. The number of nitrogen functional groups attached to an aromatic ring is 1. The molecule has 0 amide bonds. The first-order valence-corrected chi connectivity index (χ1v) is 8.40. The number of aliphatic hydroxyl groups excluding tert-OH is 1. The molecule has 1 fully saturated rings. The van der Waals surface area contributed by atoms with Gasteiger partial charge in [0.05, 0.1) is 11.0 Å². The van der Waals surface area contributed by atoms with Crippen molar-refractivity contribution in [3.05, 3.63) is 23.8 Å². The molecule has 1 saturated carbocycles. The molecule has 0 spiro atoms. The van der Waals surface area contributed by atoms with Crippen LogP contribution >= 0.6 is 0 Å². The predicted octanol–water partition coefficient (Wildman–Crippen LogP) is 1.41. The van der Waals surface area contributed by atoms with Gasteiger partial charge in [0, 0.05) is 12.2 Å². The van der Waals surface area contributed by atoms with E-state index in [1.807, 2.05) is 0 Å². The molecule has 1 aliphatic carbocycles. The van der Waals surface area contributed by atoms with Crippen LogP contribution in [0.15, 0.2) is 23.1 Å². The molecule has 5 nitrogen and oxygen atoms in total. The van der Waals surface area contributed by atoms with E-state index in [-0.39, 0.29) is 11.0 Å². The van der Waals surface area contributed by atoms with E-state index in [9.17, 15) is 13.5 Å². The zero-order valence-corrected chi connectivity index (χ0v) is 12.5. The third-order valence-electron chi connectivity index (χ3n) is 3.93. The number of nitrogens with one attached hydrogen (secondary N) is 1. The summed E-state index contributed by atoms with van der Waals surface area (Å²) >= 11 is 0. The number of nitrogens with two attached hydrogens (primary N) is 1. The minimum atomic E-state index is -3.48. The van der Waals surface area contributed by atoms with E-state index >= 15 is 0 Å². The van der Waals surface area contributed by atoms with Crippen molar-refractivity contribution in [3.8, 4) is 0 Å². The lowest BCUT2D eigenvalue weighted by atomic mass is 9.88. The molecule has 0 aromatic heterocycles. The van der Waals surface area contributed by atoms with Crippen molar-refractivity contribution in [3.63, 3.8) is 0 Å². The second-order valence-electron chi connectivity index (χ2n) is 5.54. The van der Waals surface area contributed by atoms with Gasteiger partial charge in [0.2, 0.25) is 10.0 Å². The maximum atomic E-state index is 12.2. The van der Waals surface area contributed by atoms with Crippen LogP contribution in [0.5, 0.6) is 0 Å². The van der Waals surface area contributed by atoms with Gasteiger partial charge in [-0.3, -0.25) is 0 Å². The normalized spacial score (nSPS) is 23.7. The average molecular weight is 298 g/mol. The quantitative estimate of drug-likeness (QED) is 0.733. The lowest BCUT2D eigenvalue weighted by molar-refractivity contribution is 0.109. The van der Waals surface area contributed by atoms with Gasteiger partial charge in [-0.05, 0) is 62.3 Å². The van der Waals surface area contributed by atoms with Gasteiger partial charge in [-0.15, -0.1) is 0 Å². The van der Waals surface area contributed by atoms with Crippen molar-refractivity contribution in [2.24, 2.45) is 5.92 Å². The fourth-order valence-corrected chi connectivity index (χ4v) is 3.68. The minimum Gasteiger partial charge on any atom is -0.399 e. The number of sulfonamides is 1. The molecule has 0 saturated heterocycles. The maximum absolute atomic E-state index is 12.2. The summed E-state index contributed by atoms with van der Waals surface area (Å²) in [5.41, 5.74) is 7.04. The highest BCUT2D eigenvalue weighted by molar-refractivity contribution is 7.89. The number of aryl methyl sites for hydroxylation is 1. The van der Waals surface area contributed by atoms with Gasteiger partial charge >= 0.3 is 0 Å². The summed E-state index contributed by atoms with van der Waals surface area (Å²) in [5.74, 6) is 0.308. The highest BCUT2D eigenvalue weighted by Gasteiger charge is 2.22. The lowest BCUT2D eigenvalue weighted by Gasteiger charge is -2.25. The molecular weight excluding hydrogens is 276 g/mol. The molecule has 0 heterocycles. The van der Waals surface area contributed by atoms with Crippen LogP contribution in [-0.4, -0.2) is 26.2 Å². The van der Waals surface area contributed by atoms with E-state index in [1.165, 1.54) is 6.07 Å². The first-order valence-electron chi connectivity index (χ1n) is 6.92. The van der Waals surface area contributed by atoms with Crippen LogP contribution in [0.3, 0.4) is 0 Å². The molecule has 6 heteroatoms. The van der Waals surface area contributed by atoms with E-state index in [0.29, 0.717) is 18.2 Å². The summed E-state index contributed by atoms with van der Waals surface area (Å²) in [6.45, 7) is 2.22. The summed E-state index contributed by atoms with van der Waals surface area (Å²) in [6, 6.07) is 4.72. The van der Waals surface area contributed by atoms with E-state index in [0.717, 1.165) is 31.2 Å². The van der Waals surface area contributed by atoms with Crippen molar-refractivity contribution < 1.29 is 13.5 Å². The van der Waals surface area contributed by atoms with Crippen molar-refractivity contribution in [2.45, 2.75) is 43.6 Å². The number of benzene rings is 1. The summed E-state index contributed by atoms with van der Waals surface area (Å²) in [5, 5.41) is 9.44. The van der Waals surface area contributed by atoms with E-state index in [1.54, 1.807) is 19.1 Å². The largest absolute Gasteiger partial charge is 0.399 e. The fourth-order valence-electron chi connectivity index (χ4n) is 2.48. The van der Waals surface area contributed by atoms with Crippen LogP contribution < -0.4 is 10.5 Å². The fraction of sp³-hybridized carbons (Fsp3) is 0.571. The van der Waals surface area contributed by atoms with Crippen LogP contribution in [-0.2, 0) is 10.0 Å². The molecule has 0 radical (unpaired) electrons. The first-order chi connectivity index (χ1) is 9.38. The Hall–Kier alpha value is -1.11. The summed E-state index contributed by atoms with van der Waals surface area (Å²) < 4.78 is 27.1. The van der Waals surface area contributed by atoms with E-state index in [4.69, 9.17) is 5.73 Å². The van der Waals surface area contributed by atoms with Crippen molar-refractivity contribution in [1.29, 1.82) is 0 Å². The smallest absolute Gasteiger partial charge is 0.240 e. The molecule has 0 atom stereocenters. The van der Waals surface area contributed by atoms with Crippen molar-refractivity contribution in [2.75, 3.05) is 12.3 Å². The standard InChI is InChI=1S/C14H22N2O3S/c1-10-8-13(6-7-14(10)15)20(18,19)16-9-11-2-4-12(17)5-3-11/h6-8,11-12,16-17H,2-5,9,15H2,1H3. The molecule has 2 rings (SSSR count). The second-order valence-corrected chi connectivity index (χ2v) is 7.31. The minimum absolute atomic E-state index is 0.220. The molecule has 4 N–H and O–H groups in total. The Kier molecular flexibility index (Phi) is 4.67. The third-order valence-corrected chi connectivity index (χ3v) is 5.35.